The van der Waals surface area contributed by atoms with Gasteiger partial charge in [0.05, 0.1) is 12.8 Å². The van der Waals surface area contributed by atoms with Gasteiger partial charge in [0.2, 0.25) is 5.13 Å². The van der Waals surface area contributed by atoms with E-state index < -0.39 is 0 Å². The molecule has 126 valence electrons. The van der Waals surface area contributed by atoms with Crippen molar-refractivity contribution in [3.8, 4) is 17.0 Å². The van der Waals surface area contributed by atoms with Crippen LogP contribution in [-0.4, -0.2) is 18.3 Å². The van der Waals surface area contributed by atoms with E-state index in [0.717, 1.165) is 16.8 Å². The summed E-state index contributed by atoms with van der Waals surface area (Å²) in [6, 6.07) is 15.5. The van der Waals surface area contributed by atoms with Crippen LogP contribution < -0.4 is 10.2 Å². The average Bonchev–Trinajstić information content (AvgIpc) is 3.11. The van der Waals surface area contributed by atoms with Crippen molar-refractivity contribution < 1.29 is 4.74 Å². The molecule has 1 aromatic heterocycles. The molecule has 0 aliphatic carbocycles. The molecule has 0 saturated carbocycles. The molecule has 6 heteroatoms. The minimum Gasteiger partial charge on any atom is -0.496 e. The van der Waals surface area contributed by atoms with Gasteiger partial charge in [-0.15, -0.1) is 11.3 Å². The van der Waals surface area contributed by atoms with Gasteiger partial charge in [0.1, 0.15) is 5.75 Å². The summed E-state index contributed by atoms with van der Waals surface area (Å²) >= 11 is 7.47. The number of aromatic nitrogens is 1. The first-order chi connectivity index (χ1) is 12.3. The molecule has 0 unspecified atom stereocenters. The normalized spacial score (nSPS) is 11.3. The van der Waals surface area contributed by atoms with Crippen LogP contribution in [0.4, 0.5) is 5.13 Å². The summed E-state index contributed by atoms with van der Waals surface area (Å²) in [5.74, 6) is 0.693. The highest BCUT2D eigenvalue weighted by molar-refractivity contribution is 7.14. The lowest BCUT2D eigenvalue weighted by Gasteiger charge is -2.06. The maximum atomic E-state index is 6.00. The monoisotopic (exact) mass is 369 g/mol. The highest BCUT2D eigenvalue weighted by Gasteiger charge is 2.10. The number of allylic oxidation sites excluding steroid dienone is 1. The Hall–Kier alpha value is -2.63. The number of nitrogens with zero attached hydrogens (tertiary/aromatic N) is 2. The van der Waals surface area contributed by atoms with Crippen LogP contribution in [0.1, 0.15) is 5.56 Å². The second-order valence-corrected chi connectivity index (χ2v) is 6.34. The predicted molar refractivity (Wildman–Crippen MR) is 107 cm³/mol. The van der Waals surface area contributed by atoms with Gasteiger partial charge >= 0.3 is 0 Å². The van der Waals surface area contributed by atoms with E-state index in [0.29, 0.717) is 15.9 Å². The number of ether oxygens (including phenoxy) is 1. The van der Waals surface area contributed by atoms with Gasteiger partial charge in [0, 0.05) is 22.2 Å². The molecule has 0 bridgehead atoms. The Morgan fingerprint density at radius 1 is 1.20 bits per heavy atom. The van der Waals surface area contributed by atoms with Crippen LogP contribution in [0, 0.1) is 0 Å². The minimum atomic E-state index is 0.629. The molecule has 1 heterocycles. The second-order valence-electron chi connectivity index (χ2n) is 5.04. The molecule has 4 nitrogen and oxygen atoms in total. The Bertz CT molecular complexity index is 891. The van der Waals surface area contributed by atoms with Gasteiger partial charge in [0.15, 0.2) is 0 Å². The second kappa shape index (κ2) is 8.46. The Morgan fingerprint density at radius 2 is 2.04 bits per heavy atom. The molecule has 0 radical (unpaired) electrons. The fourth-order valence-electron chi connectivity index (χ4n) is 2.18. The summed E-state index contributed by atoms with van der Waals surface area (Å²) in [6.07, 6.45) is 5.55. The molecule has 0 saturated heterocycles. The molecule has 3 aromatic rings. The lowest BCUT2D eigenvalue weighted by atomic mass is 10.1. The summed E-state index contributed by atoms with van der Waals surface area (Å²) in [7, 11) is 1.62. The fraction of sp³-hybridized carbons (Fsp3) is 0.0526. The van der Waals surface area contributed by atoms with Gasteiger partial charge in [-0.05, 0) is 29.8 Å². The zero-order chi connectivity index (χ0) is 17.5. The maximum absolute atomic E-state index is 6.00. The van der Waals surface area contributed by atoms with E-state index in [1.807, 2.05) is 60.0 Å². The lowest BCUT2D eigenvalue weighted by molar-refractivity contribution is 0.416. The lowest BCUT2D eigenvalue weighted by Crippen LogP contribution is -1.90. The summed E-state index contributed by atoms with van der Waals surface area (Å²) in [5, 5.41) is 7.44. The first kappa shape index (κ1) is 17.2. The van der Waals surface area contributed by atoms with E-state index in [1.165, 1.54) is 11.3 Å². The van der Waals surface area contributed by atoms with Crippen molar-refractivity contribution in [2.24, 2.45) is 5.10 Å². The van der Waals surface area contributed by atoms with E-state index >= 15 is 0 Å². The molecule has 3 rings (SSSR count). The van der Waals surface area contributed by atoms with E-state index in [-0.39, 0.29) is 0 Å². The number of anilines is 1. The standard InChI is InChI=1S/C19H16ClN3OS/c1-24-18-12-15(20)9-10-16(18)17-13-25-19(22-17)23-21-11-5-8-14-6-3-2-4-7-14/h2-13H,1H3,(H,22,23)/b8-5+,21-11+. The first-order valence-electron chi connectivity index (χ1n) is 7.56. The third kappa shape index (κ3) is 4.68. The largest absolute Gasteiger partial charge is 0.496 e. The van der Waals surface area contributed by atoms with Crippen molar-refractivity contribution >= 4 is 40.4 Å². The molecule has 0 amide bonds. The molecule has 25 heavy (non-hydrogen) atoms. The van der Waals surface area contributed by atoms with Crippen LogP contribution >= 0.6 is 22.9 Å². The van der Waals surface area contributed by atoms with Crippen molar-refractivity contribution in [2.75, 3.05) is 12.5 Å². The van der Waals surface area contributed by atoms with Crippen LogP contribution in [0.25, 0.3) is 17.3 Å². The highest BCUT2D eigenvalue weighted by atomic mass is 35.5. The number of rotatable bonds is 6. The predicted octanol–water partition coefficient (Wildman–Crippen LogP) is 5.58. The van der Waals surface area contributed by atoms with Crippen molar-refractivity contribution in [2.45, 2.75) is 0 Å². The van der Waals surface area contributed by atoms with Gasteiger partial charge < -0.3 is 4.74 Å². The van der Waals surface area contributed by atoms with E-state index in [2.05, 4.69) is 15.5 Å². The van der Waals surface area contributed by atoms with Crippen LogP contribution in [-0.2, 0) is 0 Å². The number of nitrogens with one attached hydrogen (secondary N) is 1. The Kier molecular flexibility index (Phi) is 5.82. The smallest absolute Gasteiger partial charge is 0.203 e. The van der Waals surface area contributed by atoms with Crippen molar-refractivity contribution in [1.29, 1.82) is 0 Å². The number of hydrogen-bond acceptors (Lipinski definition) is 5. The molecule has 0 aliphatic heterocycles. The molecular formula is C19H16ClN3OS. The summed E-state index contributed by atoms with van der Waals surface area (Å²) in [6.45, 7) is 0. The number of halogens is 1. The minimum absolute atomic E-state index is 0.629. The van der Waals surface area contributed by atoms with E-state index in [1.54, 1.807) is 19.4 Å². The zero-order valence-electron chi connectivity index (χ0n) is 13.5. The quantitative estimate of drug-likeness (QED) is 0.455. The molecule has 0 fully saturated rings. The highest BCUT2D eigenvalue weighted by Crippen LogP contribution is 2.34. The summed E-state index contributed by atoms with van der Waals surface area (Å²) < 4.78 is 5.37. The molecule has 1 N–H and O–H groups in total. The van der Waals surface area contributed by atoms with Crippen LogP contribution in [0.3, 0.4) is 0 Å². The number of methoxy groups -OCH3 is 1. The molecule has 0 atom stereocenters. The Labute approximate surface area is 155 Å². The summed E-state index contributed by atoms with van der Waals surface area (Å²) in [4.78, 5) is 4.52. The Morgan fingerprint density at radius 3 is 2.84 bits per heavy atom. The molecule has 2 aromatic carbocycles. The van der Waals surface area contributed by atoms with Crippen molar-refractivity contribution in [3.63, 3.8) is 0 Å². The van der Waals surface area contributed by atoms with Crippen LogP contribution in [0.5, 0.6) is 5.75 Å². The SMILES string of the molecule is COc1cc(Cl)ccc1-c1csc(N/N=C/C=C/c2ccccc2)n1. The molecule has 0 aliphatic rings. The van der Waals surface area contributed by atoms with Gasteiger partial charge in [-0.3, -0.25) is 5.43 Å². The average molecular weight is 370 g/mol. The van der Waals surface area contributed by atoms with Gasteiger partial charge in [-0.1, -0.05) is 48.0 Å². The van der Waals surface area contributed by atoms with Gasteiger partial charge in [-0.2, -0.15) is 5.10 Å². The zero-order valence-corrected chi connectivity index (χ0v) is 15.1. The molecule has 0 spiro atoms. The molecular weight excluding hydrogens is 354 g/mol. The van der Waals surface area contributed by atoms with Crippen LogP contribution in [0.2, 0.25) is 5.02 Å². The topological polar surface area (TPSA) is 46.5 Å². The number of benzene rings is 2. The van der Waals surface area contributed by atoms with Gasteiger partial charge in [-0.25, -0.2) is 4.98 Å². The number of thiazole rings is 1. The Balaban J connectivity index is 1.64. The van der Waals surface area contributed by atoms with E-state index in [4.69, 9.17) is 16.3 Å². The summed E-state index contributed by atoms with van der Waals surface area (Å²) in [5.41, 5.74) is 5.76. The van der Waals surface area contributed by atoms with Gasteiger partial charge in [0.25, 0.3) is 0 Å². The van der Waals surface area contributed by atoms with Crippen molar-refractivity contribution in [3.05, 3.63) is 70.6 Å². The number of hydrogen-bond donors (Lipinski definition) is 1. The fourth-order valence-corrected chi connectivity index (χ4v) is 3.00. The third-order valence-electron chi connectivity index (χ3n) is 3.35. The van der Waals surface area contributed by atoms with Crippen LogP contribution in [0.15, 0.2) is 65.1 Å². The number of hydrazone groups is 1. The maximum Gasteiger partial charge on any atom is 0.203 e. The van der Waals surface area contributed by atoms with E-state index in [9.17, 15) is 0 Å². The van der Waals surface area contributed by atoms with Crippen molar-refractivity contribution in [1.82, 2.24) is 4.98 Å². The first-order valence-corrected chi connectivity index (χ1v) is 8.82. The third-order valence-corrected chi connectivity index (χ3v) is 4.33.